The maximum atomic E-state index is 12.2. The molecular weight excluding hydrogens is 320 g/mol. The maximum absolute atomic E-state index is 12.2. The number of carbonyl (C=O) groups excluding carboxylic acids is 1. The van der Waals surface area contributed by atoms with Crippen molar-refractivity contribution in [3.05, 3.63) is 46.5 Å². The minimum Gasteiger partial charge on any atom is -0.375 e. The second kappa shape index (κ2) is 8.26. The Morgan fingerprint density at radius 1 is 1.38 bits per heavy atom. The van der Waals surface area contributed by atoms with Crippen LogP contribution in [-0.4, -0.2) is 30.5 Å². The van der Waals surface area contributed by atoms with E-state index in [0.717, 1.165) is 37.2 Å². The van der Waals surface area contributed by atoms with Gasteiger partial charge in [-0.1, -0.05) is 12.1 Å². The van der Waals surface area contributed by atoms with Gasteiger partial charge in [-0.15, -0.1) is 11.3 Å². The molecular formula is C18H24N4OS. The van der Waals surface area contributed by atoms with E-state index in [9.17, 15) is 4.79 Å². The quantitative estimate of drug-likeness (QED) is 0.704. The third kappa shape index (κ3) is 4.55. The van der Waals surface area contributed by atoms with Gasteiger partial charge in [-0.2, -0.15) is 0 Å². The molecule has 1 aliphatic rings. The van der Waals surface area contributed by atoms with Gasteiger partial charge in [-0.25, -0.2) is 4.98 Å². The molecule has 4 N–H and O–H groups in total. The van der Waals surface area contributed by atoms with Crippen LogP contribution >= 0.6 is 11.3 Å². The van der Waals surface area contributed by atoms with Crippen molar-refractivity contribution in [3.63, 3.8) is 0 Å². The lowest BCUT2D eigenvalue weighted by molar-refractivity contribution is 0.0953. The first-order chi connectivity index (χ1) is 11.7. The average Bonchev–Trinajstić information content (AvgIpc) is 3.05. The summed E-state index contributed by atoms with van der Waals surface area (Å²) >= 11 is 1.45. The van der Waals surface area contributed by atoms with Gasteiger partial charge < -0.3 is 16.4 Å². The number of carbonyl (C=O) groups is 1. The van der Waals surface area contributed by atoms with Gasteiger partial charge >= 0.3 is 0 Å². The van der Waals surface area contributed by atoms with Crippen LogP contribution in [0.2, 0.25) is 0 Å². The number of nitrogen functional groups attached to an aromatic ring is 1. The normalized spacial score (nSPS) is 17.6. The van der Waals surface area contributed by atoms with E-state index in [4.69, 9.17) is 5.73 Å². The highest BCUT2D eigenvalue weighted by Crippen LogP contribution is 2.23. The fraction of sp³-hybridized carbons (Fsp3) is 0.444. The van der Waals surface area contributed by atoms with Gasteiger partial charge in [0.15, 0.2) is 5.13 Å². The van der Waals surface area contributed by atoms with Crippen LogP contribution in [0.5, 0.6) is 0 Å². The fourth-order valence-corrected chi connectivity index (χ4v) is 3.65. The molecule has 0 unspecified atom stereocenters. The number of hydrogen-bond donors (Lipinski definition) is 3. The SMILES string of the molecule is Nc1nc(CCCNC(=O)c2ccc([C@H]3CCCNC3)cc2)cs1. The van der Waals surface area contributed by atoms with Crippen LogP contribution in [0.3, 0.4) is 0 Å². The van der Waals surface area contributed by atoms with E-state index in [2.05, 4.69) is 27.8 Å². The van der Waals surface area contributed by atoms with E-state index in [1.54, 1.807) is 0 Å². The zero-order valence-corrected chi connectivity index (χ0v) is 14.6. The Balaban J connectivity index is 1.44. The summed E-state index contributed by atoms with van der Waals surface area (Å²) in [6, 6.07) is 8.04. The standard InChI is InChI=1S/C18H24N4OS/c19-18-22-16(12-24-18)4-2-10-21-17(23)14-7-5-13(6-8-14)15-3-1-9-20-11-15/h5-8,12,15,20H,1-4,9-11H2,(H2,19,22)(H,21,23)/t15-/m0/s1. The van der Waals surface area contributed by atoms with Crippen molar-refractivity contribution in [1.82, 2.24) is 15.6 Å². The summed E-state index contributed by atoms with van der Waals surface area (Å²) in [6.07, 6.45) is 4.14. The Hall–Kier alpha value is -1.92. The van der Waals surface area contributed by atoms with E-state index >= 15 is 0 Å². The predicted molar refractivity (Wildman–Crippen MR) is 98.5 cm³/mol. The molecule has 128 valence electrons. The van der Waals surface area contributed by atoms with Crippen molar-refractivity contribution >= 4 is 22.4 Å². The van der Waals surface area contributed by atoms with Crippen molar-refractivity contribution in [2.75, 3.05) is 25.4 Å². The molecule has 24 heavy (non-hydrogen) atoms. The zero-order valence-electron chi connectivity index (χ0n) is 13.8. The number of thiazole rings is 1. The molecule has 0 spiro atoms. The molecule has 1 aromatic carbocycles. The minimum absolute atomic E-state index is 0.0129. The van der Waals surface area contributed by atoms with E-state index in [1.165, 1.54) is 29.7 Å². The van der Waals surface area contributed by atoms with Crippen LogP contribution in [0, 0.1) is 0 Å². The number of rotatable bonds is 6. The number of aromatic nitrogens is 1. The van der Waals surface area contributed by atoms with E-state index in [-0.39, 0.29) is 5.91 Å². The first kappa shape index (κ1) is 16.9. The molecule has 6 heteroatoms. The highest BCUT2D eigenvalue weighted by atomic mass is 32.1. The summed E-state index contributed by atoms with van der Waals surface area (Å²) < 4.78 is 0. The van der Waals surface area contributed by atoms with E-state index in [1.807, 2.05) is 17.5 Å². The third-order valence-corrected chi connectivity index (χ3v) is 5.13. The molecule has 2 heterocycles. The molecule has 1 fully saturated rings. The molecule has 1 atom stereocenters. The lowest BCUT2D eigenvalue weighted by Crippen LogP contribution is -2.28. The monoisotopic (exact) mass is 344 g/mol. The van der Waals surface area contributed by atoms with Crippen LogP contribution < -0.4 is 16.4 Å². The smallest absolute Gasteiger partial charge is 0.251 e. The third-order valence-electron chi connectivity index (χ3n) is 4.41. The summed E-state index contributed by atoms with van der Waals surface area (Å²) in [5, 5.41) is 8.96. The number of aryl methyl sites for hydroxylation is 1. The summed E-state index contributed by atoms with van der Waals surface area (Å²) in [5.41, 5.74) is 8.65. The van der Waals surface area contributed by atoms with E-state index < -0.39 is 0 Å². The maximum Gasteiger partial charge on any atom is 0.251 e. The first-order valence-corrected chi connectivity index (χ1v) is 9.39. The topological polar surface area (TPSA) is 80.0 Å². The Labute approximate surface area is 146 Å². The fourth-order valence-electron chi connectivity index (χ4n) is 3.05. The minimum atomic E-state index is -0.0129. The van der Waals surface area contributed by atoms with Crippen molar-refractivity contribution < 1.29 is 4.79 Å². The van der Waals surface area contributed by atoms with Crippen molar-refractivity contribution in [1.29, 1.82) is 0 Å². The first-order valence-electron chi connectivity index (χ1n) is 8.51. The number of anilines is 1. The van der Waals surface area contributed by atoms with Crippen LogP contribution in [0.15, 0.2) is 29.6 Å². The Kier molecular flexibility index (Phi) is 5.82. The van der Waals surface area contributed by atoms with Gasteiger partial charge in [0.25, 0.3) is 5.91 Å². The lowest BCUT2D eigenvalue weighted by atomic mass is 9.91. The van der Waals surface area contributed by atoms with Gasteiger partial charge in [0.2, 0.25) is 0 Å². The lowest BCUT2D eigenvalue weighted by Gasteiger charge is -2.23. The van der Waals surface area contributed by atoms with Gasteiger partial charge in [-0.3, -0.25) is 4.79 Å². The van der Waals surface area contributed by atoms with Crippen molar-refractivity contribution in [3.8, 4) is 0 Å². The number of nitrogens with two attached hydrogens (primary N) is 1. The molecule has 1 aliphatic heterocycles. The second-order valence-electron chi connectivity index (χ2n) is 6.20. The zero-order chi connectivity index (χ0) is 16.8. The van der Waals surface area contributed by atoms with Crippen LogP contribution in [0.1, 0.15) is 46.8 Å². The average molecular weight is 344 g/mol. The highest BCUT2D eigenvalue weighted by molar-refractivity contribution is 7.13. The molecule has 0 bridgehead atoms. The number of piperidine rings is 1. The van der Waals surface area contributed by atoms with Gasteiger partial charge in [0.1, 0.15) is 0 Å². The van der Waals surface area contributed by atoms with Crippen LogP contribution in [-0.2, 0) is 6.42 Å². The largest absolute Gasteiger partial charge is 0.375 e. The van der Waals surface area contributed by atoms with Gasteiger partial charge in [0, 0.05) is 24.0 Å². The number of amides is 1. The molecule has 2 aromatic rings. The van der Waals surface area contributed by atoms with Gasteiger partial charge in [-0.05, 0) is 55.8 Å². The summed E-state index contributed by atoms with van der Waals surface area (Å²) in [7, 11) is 0. The molecule has 3 rings (SSSR count). The Bertz CT molecular complexity index is 662. The van der Waals surface area contributed by atoms with Crippen LogP contribution in [0.4, 0.5) is 5.13 Å². The second-order valence-corrected chi connectivity index (χ2v) is 7.09. The summed E-state index contributed by atoms with van der Waals surface area (Å²) in [5.74, 6) is 0.558. The number of nitrogens with zero attached hydrogens (tertiary/aromatic N) is 1. The summed E-state index contributed by atoms with van der Waals surface area (Å²) in [6.45, 7) is 2.79. The molecule has 1 aromatic heterocycles. The van der Waals surface area contributed by atoms with Crippen LogP contribution in [0.25, 0.3) is 0 Å². The predicted octanol–water partition coefficient (Wildman–Crippen LogP) is 2.55. The molecule has 0 saturated carbocycles. The molecule has 1 amide bonds. The summed E-state index contributed by atoms with van der Waals surface area (Å²) in [4.78, 5) is 16.4. The Morgan fingerprint density at radius 3 is 2.88 bits per heavy atom. The Morgan fingerprint density at radius 2 is 2.21 bits per heavy atom. The van der Waals surface area contributed by atoms with E-state index in [0.29, 0.717) is 17.6 Å². The van der Waals surface area contributed by atoms with Crippen molar-refractivity contribution in [2.45, 2.75) is 31.6 Å². The number of nitrogens with one attached hydrogen (secondary N) is 2. The molecule has 5 nitrogen and oxygen atoms in total. The van der Waals surface area contributed by atoms with Crippen molar-refractivity contribution in [2.24, 2.45) is 0 Å². The molecule has 1 saturated heterocycles. The highest BCUT2D eigenvalue weighted by Gasteiger charge is 2.15. The van der Waals surface area contributed by atoms with Gasteiger partial charge in [0.05, 0.1) is 5.69 Å². The molecule has 0 aliphatic carbocycles. The molecule has 0 radical (unpaired) electrons. The number of benzene rings is 1. The number of hydrogen-bond acceptors (Lipinski definition) is 5.